The van der Waals surface area contributed by atoms with Crippen molar-refractivity contribution in [2.75, 3.05) is 0 Å². The molecule has 0 radical (unpaired) electrons. The fourth-order valence-electron chi connectivity index (χ4n) is 2.94. The van der Waals surface area contributed by atoms with Crippen LogP contribution in [-0.4, -0.2) is 5.91 Å². The van der Waals surface area contributed by atoms with Gasteiger partial charge in [-0.3, -0.25) is 4.79 Å². The highest BCUT2D eigenvalue weighted by Crippen LogP contribution is 2.27. The predicted octanol–water partition coefficient (Wildman–Crippen LogP) is 4.98. The zero-order chi connectivity index (χ0) is 16.7. The van der Waals surface area contributed by atoms with Gasteiger partial charge in [-0.05, 0) is 32.0 Å². The lowest BCUT2D eigenvalue weighted by molar-refractivity contribution is 0.0909. The van der Waals surface area contributed by atoms with Crippen LogP contribution in [-0.2, 0) is 0 Å². The number of amides is 1. The molecule has 1 N–H and O–H groups in total. The highest BCUT2D eigenvalue weighted by molar-refractivity contribution is 5.99. The van der Waals surface area contributed by atoms with Crippen LogP contribution in [0, 0.1) is 6.92 Å². The van der Waals surface area contributed by atoms with Crippen molar-refractivity contribution in [1.82, 2.24) is 5.32 Å². The Labute approximate surface area is 139 Å². The molecule has 0 fully saturated rings. The molecule has 2 heterocycles. The largest absolute Gasteiger partial charge is 0.459 e. The van der Waals surface area contributed by atoms with Crippen LogP contribution < -0.4 is 5.32 Å². The van der Waals surface area contributed by atoms with Crippen LogP contribution in [0.25, 0.3) is 21.9 Å². The highest BCUT2D eigenvalue weighted by Gasteiger charge is 2.21. The monoisotopic (exact) mass is 319 g/mol. The third-order valence-electron chi connectivity index (χ3n) is 4.27. The van der Waals surface area contributed by atoms with Crippen molar-refractivity contribution >= 4 is 27.8 Å². The topological polar surface area (TPSA) is 55.4 Å². The first-order valence-corrected chi connectivity index (χ1v) is 7.91. The lowest BCUT2D eigenvalue weighted by atomic mass is 10.1. The van der Waals surface area contributed by atoms with Gasteiger partial charge in [-0.2, -0.15) is 0 Å². The molecule has 1 amide bonds. The van der Waals surface area contributed by atoms with Gasteiger partial charge in [0.1, 0.15) is 16.9 Å². The number of hydrogen-bond donors (Lipinski definition) is 1. The number of carbonyl (C=O) groups excluding carboxylic acids is 1. The lowest BCUT2D eigenvalue weighted by Gasteiger charge is -2.10. The van der Waals surface area contributed by atoms with E-state index < -0.39 is 0 Å². The van der Waals surface area contributed by atoms with Crippen LogP contribution in [0.2, 0.25) is 0 Å². The first kappa shape index (κ1) is 14.6. The number of aryl methyl sites for hydroxylation is 1. The molecule has 0 spiro atoms. The summed E-state index contributed by atoms with van der Waals surface area (Å²) in [5.41, 5.74) is 2.38. The van der Waals surface area contributed by atoms with Crippen LogP contribution in [0.5, 0.6) is 0 Å². The van der Waals surface area contributed by atoms with E-state index in [0.29, 0.717) is 5.76 Å². The van der Waals surface area contributed by atoms with Crippen molar-refractivity contribution < 1.29 is 13.6 Å². The van der Waals surface area contributed by atoms with Crippen LogP contribution in [0.4, 0.5) is 0 Å². The molecule has 4 aromatic rings. The Morgan fingerprint density at radius 2 is 1.71 bits per heavy atom. The molecule has 4 rings (SSSR count). The molecule has 24 heavy (non-hydrogen) atoms. The Morgan fingerprint density at radius 1 is 1.00 bits per heavy atom. The minimum Gasteiger partial charge on any atom is -0.459 e. The average Bonchev–Trinajstić information content (AvgIpc) is 3.17. The maximum Gasteiger partial charge on any atom is 0.287 e. The Balaban J connectivity index is 1.61. The molecule has 2 aromatic carbocycles. The van der Waals surface area contributed by atoms with Gasteiger partial charge in [-0.15, -0.1) is 0 Å². The first-order chi connectivity index (χ1) is 11.6. The lowest BCUT2D eigenvalue weighted by Crippen LogP contribution is -2.26. The summed E-state index contributed by atoms with van der Waals surface area (Å²) < 4.78 is 11.5. The smallest absolute Gasteiger partial charge is 0.287 e. The van der Waals surface area contributed by atoms with Gasteiger partial charge in [-0.25, -0.2) is 0 Å². The molecule has 0 bridgehead atoms. The van der Waals surface area contributed by atoms with Gasteiger partial charge in [-0.1, -0.05) is 36.4 Å². The van der Waals surface area contributed by atoms with E-state index in [0.717, 1.165) is 33.3 Å². The standard InChI is InChI=1S/C20H17NO3/c1-12-15-8-4-6-10-17(15)24-19(12)20(22)21-13(2)18-11-14-7-3-5-9-16(14)23-18/h3-11,13H,1-2H3,(H,21,22)/t13-/m0/s1. The van der Waals surface area contributed by atoms with Gasteiger partial charge in [0.25, 0.3) is 5.91 Å². The Kier molecular flexibility index (Phi) is 3.38. The van der Waals surface area contributed by atoms with Gasteiger partial charge < -0.3 is 14.2 Å². The van der Waals surface area contributed by atoms with E-state index in [9.17, 15) is 4.79 Å². The molecule has 0 aliphatic rings. The molecule has 120 valence electrons. The van der Waals surface area contributed by atoms with E-state index in [1.54, 1.807) is 0 Å². The SMILES string of the molecule is Cc1c(C(=O)N[C@@H](C)c2cc3ccccc3o2)oc2ccccc12. The molecule has 1 atom stereocenters. The van der Waals surface area contributed by atoms with Crippen LogP contribution in [0.15, 0.2) is 63.4 Å². The summed E-state index contributed by atoms with van der Waals surface area (Å²) in [6.07, 6.45) is 0. The second-order valence-corrected chi connectivity index (χ2v) is 5.93. The molecule has 0 unspecified atom stereocenters. The summed E-state index contributed by atoms with van der Waals surface area (Å²) in [6.45, 7) is 3.79. The van der Waals surface area contributed by atoms with Crippen LogP contribution >= 0.6 is 0 Å². The molecule has 0 aliphatic carbocycles. The fraction of sp³-hybridized carbons (Fsp3) is 0.150. The van der Waals surface area contributed by atoms with E-state index in [-0.39, 0.29) is 11.9 Å². The number of fused-ring (bicyclic) bond motifs is 2. The van der Waals surface area contributed by atoms with E-state index >= 15 is 0 Å². The second kappa shape index (κ2) is 5.57. The first-order valence-electron chi connectivity index (χ1n) is 7.91. The quantitative estimate of drug-likeness (QED) is 0.579. The Bertz CT molecular complexity index is 1010. The minimum absolute atomic E-state index is 0.239. The summed E-state index contributed by atoms with van der Waals surface area (Å²) >= 11 is 0. The molecule has 4 nitrogen and oxygen atoms in total. The van der Waals surface area contributed by atoms with E-state index in [2.05, 4.69) is 5.32 Å². The fourth-order valence-corrected chi connectivity index (χ4v) is 2.94. The van der Waals surface area contributed by atoms with Gasteiger partial charge >= 0.3 is 0 Å². The number of benzene rings is 2. The third-order valence-corrected chi connectivity index (χ3v) is 4.27. The number of furan rings is 2. The summed E-state index contributed by atoms with van der Waals surface area (Å²) in [7, 11) is 0. The van der Waals surface area contributed by atoms with Crippen molar-refractivity contribution in [2.45, 2.75) is 19.9 Å². The minimum atomic E-state index is -0.252. The maximum absolute atomic E-state index is 12.6. The Hall–Kier alpha value is -3.01. The molecule has 2 aromatic heterocycles. The molecular weight excluding hydrogens is 302 g/mol. The molecule has 0 saturated heterocycles. The van der Waals surface area contributed by atoms with E-state index in [1.165, 1.54) is 0 Å². The average molecular weight is 319 g/mol. The van der Waals surface area contributed by atoms with Crippen molar-refractivity contribution in [3.8, 4) is 0 Å². The summed E-state index contributed by atoms with van der Waals surface area (Å²) in [5, 5.41) is 4.93. The number of hydrogen-bond acceptors (Lipinski definition) is 3. The molecule has 0 saturated carbocycles. The van der Waals surface area contributed by atoms with Crippen molar-refractivity contribution in [3.05, 3.63) is 71.7 Å². The van der Waals surface area contributed by atoms with Crippen molar-refractivity contribution in [2.24, 2.45) is 0 Å². The molecule has 4 heteroatoms. The van der Waals surface area contributed by atoms with Crippen LogP contribution in [0.3, 0.4) is 0 Å². The Morgan fingerprint density at radius 3 is 2.46 bits per heavy atom. The van der Waals surface area contributed by atoms with Crippen molar-refractivity contribution in [3.63, 3.8) is 0 Å². The number of rotatable bonds is 3. The van der Waals surface area contributed by atoms with Gasteiger partial charge in [0.05, 0.1) is 6.04 Å². The van der Waals surface area contributed by atoms with Crippen LogP contribution in [0.1, 0.15) is 34.8 Å². The maximum atomic E-state index is 12.6. The van der Waals surface area contributed by atoms with E-state index in [4.69, 9.17) is 8.83 Å². The highest BCUT2D eigenvalue weighted by atomic mass is 16.3. The summed E-state index contributed by atoms with van der Waals surface area (Å²) in [6, 6.07) is 17.1. The predicted molar refractivity (Wildman–Crippen MR) is 93.0 cm³/mol. The number of para-hydroxylation sites is 2. The molecule has 0 aliphatic heterocycles. The zero-order valence-corrected chi connectivity index (χ0v) is 13.5. The van der Waals surface area contributed by atoms with Crippen molar-refractivity contribution in [1.29, 1.82) is 0 Å². The van der Waals surface area contributed by atoms with E-state index in [1.807, 2.05) is 68.4 Å². The summed E-state index contributed by atoms with van der Waals surface area (Å²) in [5.74, 6) is 0.828. The second-order valence-electron chi connectivity index (χ2n) is 5.93. The number of nitrogens with one attached hydrogen (secondary N) is 1. The van der Waals surface area contributed by atoms with Gasteiger partial charge in [0, 0.05) is 16.3 Å². The number of carbonyl (C=O) groups is 1. The van der Waals surface area contributed by atoms with Gasteiger partial charge in [0.2, 0.25) is 0 Å². The zero-order valence-electron chi connectivity index (χ0n) is 13.5. The normalized spacial score (nSPS) is 12.6. The third kappa shape index (κ3) is 2.36. The molecular formula is C20H17NO3. The summed E-state index contributed by atoms with van der Waals surface area (Å²) in [4.78, 5) is 12.6. The van der Waals surface area contributed by atoms with Gasteiger partial charge in [0.15, 0.2) is 5.76 Å².